The van der Waals surface area contributed by atoms with Crippen LogP contribution in [0.4, 0.5) is 5.69 Å². The van der Waals surface area contributed by atoms with Gasteiger partial charge in [0, 0.05) is 25.0 Å². The Balaban J connectivity index is 2.41. The molecular weight excluding hydrogens is 284 g/mol. The minimum atomic E-state index is -0.880. The Labute approximate surface area is 128 Å². The third-order valence-corrected chi connectivity index (χ3v) is 3.69. The van der Waals surface area contributed by atoms with Gasteiger partial charge in [0.1, 0.15) is 11.7 Å². The molecule has 22 heavy (non-hydrogen) atoms. The molecule has 1 N–H and O–H groups in total. The fourth-order valence-corrected chi connectivity index (χ4v) is 2.54. The molecule has 1 aliphatic rings. The largest absolute Gasteiger partial charge is 0.511 e. The summed E-state index contributed by atoms with van der Waals surface area (Å²) in [6.07, 6.45) is 4.57. The number of Topliss-reactive ketones (excluding diaryl/α,β-unsaturated/α-hetero) is 1. The molecule has 0 aromatic carbocycles. The average Bonchev–Trinajstić information content (AvgIpc) is 2.46. The molecule has 0 bridgehead atoms. The molecular formula is C16H18N2O4. The van der Waals surface area contributed by atoms with Gasteiger partial charge in [-0.1, -0.05) is 13.8 Å². The Morgan fingerprint density at radius 3 is 2.68 bits per heavy atom. The van der Waals surface area contributed by atoms with E-state index in [1.807, 2.05) is 0 Å². The van der Waals surface area contributed by atoms with Crippen LogP contribution in [0.15, 0.2) is 40.9 Å². The van der Waals surface area contributed by atoms with Gasteiger partial charge in [-0.15, -0.1) is 0 Å². The van der Waals surface area contributed by atoms with Gasteiger partial charge < -0.3 is 9.84 Å². The van der Waals surface area contributed by atoms with Crippen LogP contribution < -0.4 is 0 Å². The SMILES string of the molecule is COC(=O)C1C(O)=C(C=Nc2ccncc2)C(=O)CC1(C)C. The van der Waals surface area contributed by atoms with Crippen LogP contribution in [0.1, 0.15) is 20.3 Å². The van der Waals surface area contributed by atoms with Crippen LogP contribution in [0.5, 0.6) is 0 Å². The Bertz CT molecular complexity index is 647. The van der Waals surface area contributed by atoms with Crippen LogP contribution in [0.3, 0.4) is 0 Å². The quantitative estimate of drug-likeness (QED) is 0.684. The number of hydrogen-bond donors (Lipinski definition) is 1. The molecule has 1 aromatic rings. The smallest absolute Gasteiger partial charge is 0.316 e. The maximum Gasteiger partial charge on any atom is 0.316 e. The van der Waals surface area contributed by atoms with Crippen molar-refractivity contribution >= 4 is 23.7 Å². The highest BCUT2D eigenvalue weighted by Crippen LogP contribution is 2.41. The second kappa shape index (κ2) is 6.09. The van der Waals surface area contributed by atoms with Crippen molar-refractivity contribution < 1.29 is 19.4 Å². The summed E-state index contributed by atoms with van der Waals surface area (Å²) in [5.41, 5.74) is -0.0588. The van der Waals surface area contributed by atoms with Gasteiger partial charge in [-0.2, -0.15) is 0 Å². The van der Waals surface area contributed by atoms with Crippen molar-refractivity contribution in [1.82, 2.24) is 4.98 Å². The molecule has 0 radical (unpaired) electrons. The summed E-state index contributed by atoms with van der Waals surface area (Å²) in [5, 5.41) is 10.4. The lowest BCUT2D eigenvalue weighted by molar-refractivity contribution is -0.150. The number of methoxy groups -OCH3 is 1. The molecule has 1 atom stereocenters. The van der Waals surface area contributed by atoms with E-state index in [4.69, 9.17) is 4.74 Å². The Hall–Kier alpha value is -2.50. The maximum atomic E-state index is 12.2. The van der Waals surface area contributed by atoms with Gasteiger partial charge >= 0.3 is 5.97 Å². The number of aliphatic hydroxyl groups excluding tert-OH is 1. The molecule has 6 nitrogen and oxygen atoms in total. The van der Waals surface area contributed by atoms with Crippen molar-refractivity contribution in [3.63, 3.8) is 0 Å². The van der Waals surface area contributed by atoms with Crippen LogP contribution in [-0.4, -0.2) is 35.2 Å². The summed E-state index contributed by atoms with van der Waals surface area (Å²) in [7, 11) is 1.26. The van der Waals surface area contributed by atoms with Crippen molar-refractivity contribution in [2.45, 2.75) is 20.3 Å². The molecule has 1 heterocycles. The monoisotopic (exact) mass is 302 g/mol. The van der Waals surface area contributed by atoms with E-state index < -0.39 is 17.3 Å². The fraction of sp³-hybridized carbons (Fsp3) is 0.375. The number of ketones is 1. The van der Waals surface area contributed by atoms with Crippen molar-refractivity contribution in [3.8, 4) is 0 Å². The van der Waals surface area contributed by atoms with Crippen LogP contribution in [-0.2, 0) is 14.3 Å². The molecule has 1 aliphatic carbocycles. The molecule has 0 spiro atoms. The summed E-state index contributed by atoms with van der Waals surface area (Å²) < 4.78 is 4.74. The lowest BCUT2D eigenvalue weighted by atomic mass is 9.68. The van der Waals surface area contributed by atoms with E-state index >= 15 is 0 Å². The third-order valence-electron chi connectivity index (χ3n) is 3.69. The van der Waals surface area contributed by atoms with Crippen molar-refractivity contribution in [2.75, 3.05) is 7.11 Å². The second-order valence-corrected chi connectivity index (χ2v) is 5.81. The number of aliphatic imine (C=N–C) groups is 1. The first-order valence-electron chi connectivity index (χ1n) is 6.85. The average molecular weight is 302 g/mol. The Kier molecular flexibility index (Phi) is 4.40. The maximum absolute atomic E-state index is 12.2. The van der Waals surface area contributed by atoms with Crippen LogP contribution in [0.2, 0.25) is 0 Å². The highest BCUT2D eigenvalue weighted by Gasteiger charge is 2.46. The highest BCUT2D eigenvalue weighted by molar-refractivity contribution is 6.15. The zero-order valence-corrected chi connectivity index (χ0v) is 12.7. The summed E-state index contributed by atoms with van der Waals surface area (Å²) in [6, 6.07) is 3.34. The summed E-state index contributed by atoms with van der Waals surface area (Å²) in [5.74, 6) is -1.98. The first-order valence-corrected chi connectivity index (χ1v) is 6.85. The van der Waals surface area contributed by atoms with E-state index in [2.05, 4.69) is 9.98 Å². The van der Waals surface area contributed by atoms with Crippen molar-refractivity contribution in [2.24, 2.45) is 16.3 Å². The normalized spacial score (nSPS) is 21.2. The lowest BCUT2D eigenvalue weighted by Gasteiger charge is -2.35. The Morgan fingerprint density at radius 1 is 1.45 bits per heavy atom. The number of pyridine rings is 1. The fourth-order valence-electron chi connectivity index (χ4n) is 2.54. The highest BCUT2D eigenvalue weighted by atomic mass is 16.5. The topological polar surface area (TPSA) is 88.8 Å². The number of nitrogens with zero attached hydrogens (tertiary/aromatic N) is 2. The summed E-state index contributed by atoms with van der Waals surface area (Å²) in [4.78, 5) is 32.2. The standard InChI is InChI=1S/C16H18N2O4/c1-16(2)8-12(19)11(14(20)13(16)15(21)22-3)9-18-10-4-6-17-7-5-10/h4-7,9,13,20H,8H2,1-3H3. The predicted molar refractivity (Wildman–Crippen MR) is 81.0 cm³/mol. The first kappa shape index (κ1) is 15.9. The number of aliphatic hydroxyl groups is 1. The van der Waals surface area contributed by atoms with Gasteiger partial charge in [0.2, 0.25) is 0 Å². The van der Waals surface area contributed by atoms with Gasteiger partial charge in [0.15, 0.2) is 5.78 Å². The predicted octanol–water partition coefficient (Wildman–Crippen LogP) is 2.38. The van der Waals surface area contributed by atoms with Gasteiger partial charge in [0.05, 0.1) is 18.4 Å². The first-order chi connectivity index (χ1) is 10.4. The number of aromatic nitrogens is 1. The number of hydrogen-bond acceptors (Lipinski definition) is 6. The van der Waals surface area contributed by atoms with E-state index in [9.17, 15) is 14.7 Å². The molecule has 6 heteroatoms. The third kappa shape index (κ3) is 3.05. The minimum Gasteiger partial charge on any atom is -0.511 e. The molecule has 0 saturated heterocycles. The second-order valence-electron chi connectivity index (χ2n) is 5.81. The zero-order valence-electron chi connectivity index (χ0n) is 12.7. The van der Waals surface area contributed by atoms with E-state index in [0.29, 0.717) is 5.69 Å². The van der Waals surface area contributed by atoms with E-state index in [1.54, 1.807) is 38.4 Å². The molecule has 0 saturated carbocycles. The van der Waals surface area contributed by atoms with E-state index in [1.165, 1.54) is 13.3 Å². The van der Waals surface area contributed by atoms with Crippen LogP contribution >= 0.6 is 0 Å². The summed E-state index contributed by atoms with van der Waals surface area (Å²) in [6.45, 7) is 3.50. The number of carbonyl (C=O) groups excluding carboxylic acids is 2. The number of allylic oxidation sites excluding steroid dienone is 1. The summed E-state index contributed by atoms with van der Waals surface area (Å²) >= 11 is 0. The van der Waals surface area contributed by atoms with Crippen molar-refractivity contribution in [1.29, 1.82) is 0 Å². The molecule has 2 rings (SSSR count). The molecule has 0 aliphatic heterocycles. The van der Waals surface area contributed by atoms with E-state index in [-0.39, 0.29) is 23.5 Å². The van der Waals surface area contributed by atoms with Gasteiger partial charge in [-0.05, 0) is 17.5 Å². The zero-order chi connectivity index (χ0) is 16.3. The lowest BCUT2D eigenvalue weighted by Crippen LogP contribution is -2.40. The molecule has 116 valence electrons. The minimum absolute atomic E-state index is 0.0477. The number of carbonyl (C=O) groups is 2. The Morgan fingerprint density at radius 2 is 2.09 bits per heavy atom. The van der Waals surface area contributed by atoms with Gasteiger partial charge in [-0.3, -0.25) is 19.6 Å². The van der Waals surface area contributed by atoms with Gasteiger partial charge in [0.25, 0.3) is 0 Å². The number of ether oxygens (including phenoxy) is 1. The molecule has 0 fully saturated rings. The molecule has 1 unspecified atom stereocenters. The molecule has 0 amide bonds. The van der Waals surface area contributed by atoms with Crippen LogP contribution in [0.25, 0.3) is 0 Å². The number of rotatable bonds is 3. The van der Waals surface area contributed by atoms with E-state index in [0.717, 1.165) is 0 Å². The van der Waals surface area contributed by atoms with Crippen LogP contribution in [0, 0.1) is 11.3 Å². The van der Waals surface area contributed by atoms with Crippen molar-refractivity contribution in [3.05, 3.63) is 35.9 Å². The molecule has 1 aromatic heterocycles. The van der Waals surface area contributed by atoms with Gasteiger partial charge in [-0.25, -0.2) is 0 Å². The number of esters is 1.